The van der Waals surface area contributed by atoms with Crippen LogP contribution in [0.1, 0.15) is 48.6 Å². The summed E-state index contributed by atoms with van der Waals surface area (Å²) in [4.78, 5) is 35.0. The van der Waals surface area contributed by atoms with Gasteiger partial charge in [0.15, 0.2) is 0 Å². The second-order valence-electron chi connectivity index (χ2n) is 7.58. The lowest BCUT2D eigenvalue weighted by Gasteiger charge is -2.24. The monoisotopic (exact) mass is 394 g/mol. The number of aliphatic carboxylic acids is 1. The molecule has 0 unspecified atom stereocenters. The normalized spacial score (nSPS) is 11.1. The van der Waals surface area contributed by atoms with Crippen molar-refractivity contribution < 1.29 is 29.0 Å². The quantitative estimate of drug-likeness (QED) is 0.609. The van der Waals surface area contributed by atoms with Gasteiger partial charge >= 0.3 is 18.0 Å². The van der Waals surface area contributed by atoms with Crippen LogP contribution in [0.25, 0.3) is 0 Å². The molecule has 0 saturated carbocycles. The molecule has 0 aliphatic rings. The molecule has 0 aliphatic heterocycles. The van der Waals surface area contributed by atoms with E-state index in [1.807, 2.05) is 20.8 Å². The van der Waals surface area contributed by atoms with Crippen molar-refractivity contribution in [1.82, 2.24) is 5.32 Å². The summed E-state index contributed by atoms with van der Waals surface area (Å²) in [6.45, 7) is 10.9. The van der Waals surface area contributed by atoms with Crippen molar-refractivity contribution in [2.24, 2.45) is 0 Å². The number of carbonyl (C=O) groups excluding carboxylic acids is 2. The Bertz CT molecular complexity index is 765. The number of ether oxygens (including phenoxy) is 2. The summed E-state index contributed by atoms with van der Waals surface area (Å²) in [7, 11) is 1.32. The van der Waals surface area contributed by atoms with Gasteiger partial charge in [-0.25, -0.2) is 4.79 Å². The highest BCUT2D eigenvalue weighted by Crippen LogP contribution is 2.32. The molecule has 0 heterocycles. The maximum atomic E-state index is 12.3. The van der Waals surface area contributed by atoms with Crippen LogP contribution in [0.4, 0.5) is 10.5 Å². The molecule has 0 aromatic heterocycles. The van der Waals surface area contributed by atoms with E-state index in [1.165, 1.54) is 7.11 Å². The van der Waals surface area contributed by atoms with E-state index in [4.69, 9.17) is 14.6 Å². The molecule has 0 bridgehead atoms. The van der Waals surface area contributed by atoms with Gasteiger partial charge in [0, 0.05) is 6.54 Å². The molecule has 1 rings (SSSR count). The second-order valence-corrected chi connectivity index (χ2v) is 7.58. The van der Waals surface area contributed by atoms with Gasteiger partial charge in [-0.05, 0) is 69.4 Å². The Kier molecular flexibility index (Phi) is 7.99. The van der Waals surface area contributed by atoms with Crippen molar-refractivity contribution in [3.05, 3.63) is 27.8 Å². The zero-order valence-corrected chi connectivity index (χ0v) is 17.6. The molecular formula is C20H30N2O6. The first-order valence-corrected chi connectivity index (χ1v) is 8.98. The standard InChI is InChI=1S/C20H30N2O6/c1-11-14(8-17(25)27-7)12(2)18(22-19(26)28-20(4,5)6)13(3)15(11)9-21-10-16(23)24/h21H,8-10H2,1-7H3,(H,22,26)(H,23,24). The molecule has 8 nitrogen and oxygen atoms in total. The fourth-order valence-electron chi connectivity index (χ4n) is 2.96. The first-order valence-electron chi connectivity index (χ1n) is 8.98. The summed E-state index contributed by atoms with van der Waals surface area (Å²) in [5.41, 5.74) is 3.82. The molecule has 156 valence electrons. The summed E-state index contributed by atoms with van der Waals surface area (Å²) in [6.07, 6.45) is -0.556. The lowest BCUT2D eigenvalue weighted by Crippen LogP contribution is -2.28. The fourth-order valence-corrected chi connectivity index (χ4v) is 2.96. The van der Waals surface area contributed by atoms with Gasteiger partial charge < -0.3 is 19.9 Å². The van der Waals surface area contributed by atoms with Crippen LogP contribution in [0.3, 0.4) is 0 Å². The lowest BCUT2D eigenvalue weighted by atomic mass is 9.89. The molecule has 0 fully saturated rings. The number of carboxylic acids is 1. The molecule has 0 saturated heterocycles. The number of rotatable bonds is 7. The molecule has 0 spiro atoms. The highest BCUT2D eigenvalue weighted by molar-refractivity contribution is 5.89. The van der Waals surface area contributed by atoms with Crippen molar-refractivity contribution in [3.63, 3.8) is 0 Å². The Morgan fingerprint density at radius 3 is 2.07 bits per heavy atom. The van der Waals surface area contributed by atoms with Crippen molar-refractivity contribution >= 4 is 23.7 Å². The number of carboxylic acid groups (broad SMARTS) is 1. The third-order valence-electron chi connectivity index (χ3n) is 4.31. The molecule has 1 aromatic carbocycles. The molecule has 1 amide bonds. The van der Waals surface area contributed by atoms with Gasteiger partial charge in [-0.15, -0.1) is 0 Å². The molecule has 0 atom stereocenters. The van der Waals surface area contributed by atoms with Gasteiger partial charge in [0.05, 0.1) is 25.8 Å². The molecule has 28 heavy (non-hydrogen) atoms. The molecule has 1 aromatic rings. The van der Waals surface area contributed by atoms with E-state index in [0.717, 1.165) is 27.8 Å². The Balaban J connectivity index is 3.38. The van der Waals surface area contributed by atoms with Crippen LogP contribution < -0.4 is 10.6 Å². The van der Waals surface area contributed by atoms with E-state index >= 15 is 0 Å². The average molecular weight is 394 g/mol. The van der Waals surface area contributed by atoms with Crippen molar-refractivity contribution in [1.29, 1.82) is 0 Å². The summed E-state index contributed by atoms with van der Waals surface area (Å²) in [6, 6.07) is 0. The maximum Gasteiger partial charge on any atom is 0.412 e. The Labute approximate surface area is 165 Å². The van der Waals surface area contributed by atoms with Crippen LogP contribution in [-0.2, 0) is 32.0 Å². The van der Waals surface area contributed by atoms with E-state index in [2.05, 4.69) is 10.6 Å². The summed E-state index contributed by atoms with van der Waals surface area (Å²) in [5, 5.41) is 14.5. The van der Waals surface area contributed by atoms with Crippen LogP contribution in [0.15, 0.2) is 0 Å². The first-order chi connectivity index (χ1) is 12.9. The van der Waals surface area contributed by atoms with Crippen LogP contribution in [0.5, 0.6) is 0 Å². The topological polar surface area (TPSA) is 114 Å². The number of hydrogen-bond donors (Lipinski definition) is 3. The number of methoxy groups -OCH3 is 1. The molecule has 8 heteroatoms. The van der Waals surface area contributed by atoms with Gasteiger partial charge in [0.1, 0.15) is 5.60 Å². The third kappa shape index (κ3) is 6.53. The van der Waals surface area contributed by atoms with E-state index in [9.17, 15) is 14.4 Å². The Morgan fingerprint density at radius 1 is 1.00 bits per heavy atom. The molecular weight excluding hydrogens is 364 g/mol. The van der Waals surface area contributed by atoms with Crippen molar-refractivity contribution in [3.8, 4) is 0 Å². The van der Waals surface area contributed by atoms with Gasteiger partial charge in [0.2, 0.25) is 0 Å². The van der Waals surface area contributed by atoms with E-state index in [-0.39, 0.29) is 19.5 Å². The predicted octanol–water partition coefficient (Wildman–Crippen LogP) is 2.85. The van der Waals surface area contributed by atoms with Gasteiger partial charge in [-0.1, -0.05) is 0 Å². The zero-order valence-electron chi connectivity index (χ0n) is 17.6. The van der Waals surface area contributed by atoms with E-state index in [1.54, 1.807) is 20.8 Å². The smallest absolute Gasteiger partial charge is 0.412 e. The minimum atomic E-state index is -0.968. The number of benzene rings is 1. The summed E-state index contributed by atoms with van der Waals surface area (Å²) < 4.78 is 10.1. The fraction of sp³-hybridized carbons (Fsp3) is 0.550. The van der Waals surface area contributed by atoms with Gasteiger partial charge in [-0.3, -0.25) is 14.9 Å². The van der Waals surface area contributed by atoms with Crippen LogP contribution in [0.2, 0.25) is 0 Å². The second kappa shape index (κ2) is 9.54. The van der Waals surface area contributed by atoms with Crippen LogP contribution in [-0.4, -0.2) is 42.4 Å². The summed E-state index contributed by atoms with van der Waals surface area (Å²) >= 11 is 0. The molecule has 3 N–H and O–H groups in total. The SMILES string of the molecule is COC(=O)Cc1c(C)c(CNCC(=O)O)c(C)c(NC(=O)OC(C)(C)C)c1C. The number of amides is 1. The number of nitrogens with one attached hydrogen (secondary N) is 2. The van der Waals surface area contributed by atoms with Crippen LogP contribution in [0, 0.1) is 20.8 Å². The van der Waals surface area contributed by atoms with E-state index in [0.29, 0.717) is 5.69 Å². The highest BCUT2D eigenvalue weighted by atomic mass is 16.6. The van der Waals surface area contributed by atoms with Gasteiger partial charge in [0.25, 0.3) is 0 Å². The predicted molar refractivity (Wildman–Crippen MR) is 106 cm³/mol. The number of anilines is 1. The summed E-state index contributed by atoms with van der Waals surface area (Å²) in [5.74, 6) is -1.37. The Morgan fingerprint density at radius 2 is 1.57 bits per heavy atom. The number of carbonyl (C=O) groups is 3. The largest absolute Gasteiger partial charge is 0.480 e. The van der Waals surface area contributed by atoms with Crippen LogP contribution >= 0.6 is 0 Å². The zero-order chi connectivity index (χ0) is 21.6. The minimum Gasteiger partial charge on any atom is -0.480 e. The number of hydrogen-bond acceptors (Lipinski definition) is 6. The van der Waals surface area contributed by atoms with E-state index < -0.39 is 23.6 Å². The highest BCUT2D eigenvalue weighted by Gasteiger charge is 2.22. The lowest BCUT2D eigenvalue weighted by molar-refractivity contribution is -0.140. The third-order valence-corrected chi connectivity index (χ3v) is 4.31. The maximum absolute atomic E-state index is 12.3. The van der Waals surface area contributed by atoms with Gasteiger partial charge in [-0.2, -0.15) is 0 Å². The molecule has 0 radical (unpaired) electrons. The number of esters is 1. The minimum absolute atomic E-state index is 0.0450. The first kappa shape index (κ1) is 23.4. The average Bonchev–Trinajstić information content (AvgIpc) is 2.56. The Hall–Kier alpha value is -2.61. The molecule has 0 aliphatic carbocycles. The van der Waals surface area contributed by atoms with Crippen molar-refractivity contribution in [2.45, 2.75) is 60.1 Å². The van der Waals surface area contributed by atoms with Crippen molar-refractivity contribution in [2.75, 3.05) is 19.0 Å².